The first-order chi connectivity index (χ1) is 13.3. The third-order valence-electron chi connectivity index (χ3n) is 5.03. The van der Waals surface area contributed by atoms with Gasteiger partial charge in [0.15, 0.2) is 5.82 Å². The number of rotatable bonds is 6. The van der Waals surface area contributed by atoms with Crippen LogP contribution in [0.4, 0.5) is 0 Å². The predicted octanol–water partition coefficient (Wildman–Crippen LogP) is 2.55. The Balaban J connectivity index is 1.91. The van der Waals surface area contributed by atoms with E-state index in [9.17, 15) is 9.59 Å². The van der Waals surface area contributed by atoms with Crippen LogP contribution < -0.4 is 10.5 Å². The summed E-state index contributed by atoms with van der Waals surface area (Å²) in [6.45, 7) is 8.76. The SMILES string of the molecule is CCOC(=O)c1sc2nc([C@@H](C)[NH+](C)Cc3ccc(C)cc3)[nH]c(=O)c2c1C. The molecule has 0 aliphatic rings. The zero-order valence-electron chi connectivity index (χ0n) is 16.9. The van der Waals surface area contributed by atoms with Gasteiger partial charge in [0.05, 0.1) is 19.0 Å². The van der Waals surface area contributed by atoms with Gasteiger partial charge in [-0.15, -0.1) is 11.3 Å². The fourth-order valence-corrected chi connectivity index (χ4v) is 4.25. The highest BCUT2D eigenvalue weighted by Gasteiger charge is 2.24. The highest BCUT2D eigenvalue weighted by atomic mass is 32.1. The van der Waals surface area contributed by atoms with E-state index in [1.807, 2.05) is 6.92 Å². The van der Waals surface area contributed by atoms with Crippen LogP contribution in [0.5, 0.6) is 0 Å². The monoisotopic (exact) mass is 400 g/mol. The third-order valence-corrected chi connectivity index (χ3v) is 6.20. The zero-order chi connectivity index (χ0) is 20.4. The second kappa shape index (κ2) is 8.24. The van der Waals surface area contributed by atoms with Crippen molar-refractivity contribution < 1.29 is 14.4 Å². The Morgan fingerprint density at radius 3 is 2.61 bits per heavy atom. The summed E-state index contributed by atoms with van der Waals surface area (Å²) in [6.07, 6.45) is 0. The average molecular weight is 401 g/mol. The van der Waals surface area contributed by atoms with Crippen LogP contribution >= 0.6 is 11.3 Å². The summed E-state index contributed by atoms with van der Waals surface area (Å²) in [5, 5.41) is 0.472. The predicted molar refractivity (Wildman–Crippen MR) is 111 cm³/mol. The summed E-state index contributed by atoms with van der Waals surface area (Å²) >= 11 is 1.22. The fourth-order valence-electron chi connectivity index (χ4n) is 3.17. The van der Waals surface area contributed by atoms with Gasteiger partial charge in [-0.2, -0.15) is 0 Å². The molecule has 7 heteroatoms. The van der Waals surface area contributed by atoms with Crippen molar-refractivity contribution in [3.05, 3.63) is 62.0 Å². The standard InChI is InChI=1S/C21H25N3O3S/c1-6-27-21(26)17-13(3)16-19(25)22-18(23-20(16)28-17)14(4)24(5)11-15-9-7-12(2)8-10-15/h7-10,14H,6,11H2,1-5H3,(H,22,23,25)/p+1/t14-/m1/s1. The van der Waals surface area contributed by atoms with E-state index in [2.05, 4.69) is 48.2 Å². The molecule has 2 N–H and O–H groups in total. The van der Waals surface area contributed by atoms with Crippen molar-refractivity contribution in [1.82, 2.24) is 9.97 Å². The highest BCUT2D eigenvalue weighted by molar-refractivity contribution is 7.20. The zero-order valence-corrected chi connectivity index (χ0v) is 17.7. The maximum Gasteiger partial charge on any atom is 0.348 e. The van der Waals surface area contributed by atoms with E-state index in [0.717, 1.165) is 6.54 Å². The summed E-state index contributed by atoms with van der Waals surface area (Å²) < 4.78 is 5.10. The van der Waals surface area contributed by atoms with Crippen LogP contribution in [-0.4, -0.2) is 29.6 Å². The van der Waals surface area contributed by atoms with Crippen molar-refractivity contribution in [2.75, 3.05) is 13.7 Å². The van der Waals surface area contributed by atoms with E-state index in [-0.39, 0.29) is 11.6 Å². The second-order valence-corrected chi connectivity index (χ2v) is 8.14. The van der Waals surface area contributed by atoms with Crippen molar-refractivity contribution in [3.63, 3.8) is 0 Å². The van der Waals surface area contributed by atoms with Crippen molar-refractivity contribution in [2.45, 2.75) is 40.3 Å². The van der Waals surface area contributed by atoms with E-state index in [4.69, 9.17) is 4.74 Å². The van der Waals surface area contributed by atoms with Crippen LogP contribution in [0.25, 0.3) is 10.2 Å². The van der Waals surface area contributed by atoms with Gasteiger partial charge in [-0.05, 0) is 33.3 Å². The number of aryl methyl sites for hydroxylation is 2. The molecule has 0 bridgehead atoms. The third kappa shape index (κ3) is 4.00. The Hall–Kier alpha value is -2.51. The van der Waals surface area contributed by atoms with Gasteiger partial charge < -0.3 is 14.6 Å². The first-order valence-electron chi connectivity index (χ1n) is 9.40. The van der Waals surface area contributed by atoms with Crippen molar-refractivity contribution in [2.24, 2.45) is 0 Å². The second-order valence-electron chi connectivity index (χ2n) is 7.14. The number of thiophene rings is 1. The first kappa shape index (κ1) is 20.2. The molecule has 1 unspecified atom stereocenters. The molecule has 0 saturated heterocycles. The number of esters is 1. The van der Waals surface area contributed by atoms with E-state index in [1.165, 1.54) is 27.4 Å². The molecule has 0 radical (unpaired) electrons. The largest absolute Gasteiger partial charge is 0.462 e. The number of ether oxygens (including phenoxy) is 1. The summed E-state index contributed by atoms with van der Waals surface area (Å²) in [5.41, 5.74) is 2.89. The molecule has 0 aliphatic carbocycles. The summed E-state index contributed by atoms with van der Waals surface area (Å²) in [7, 11) is 2.08. The topological polar surface area (TPSA) is 76.5 Å². The number of fused-ring (bicyclic) bond motifs is 1. The van der Waals surface area contributed by atoms with E-state index in [0.29, 0.717) is 33.1 Å². The summed E-state index contributed by atoms with van der Waals surface area (Å²) in [6, 6.07) is 8.44. The number of nitrogens with zero attached hydrogens (tertiary/aromatic N) is 1. The Morgan fingerprint density at radius 2 is 1.96 bits per heavy atom. The van der Waals surface area contributed by atoms with Gasteiger partial charge in [0, 0.05) is 5.56 Å². The number of aromatic nitrogens is 2. The van der Waals surface area contributed by atoms with Crippen molar-refractivity contribution in [1.29, 1.82) is 0 Å². The number of hydrogen-bond donors (Lipinski definition) is 2. The number of carbonyl (C=O) groups excluding carboxylic acids is 1. The average Bonchev–Trinajstić information content (AvgIpc) is 3.00. The lowest BCUT2D eigenvalue weighted by Crippen LogP contribution is -3.07. The number of nitrogens with one attached hydrogen (secondary N) is 2. The molecule has 6 nitrogen and oxygen atoms in total. The lowest BCUT2D eigenvalue weighted by Gasteiger charge is -2.21. The Bertz CT molecular complexity index is 1050. The van der Waals surface area contributed by atoms with Crippen molar-refractivity contribution >= 4 is 27.5 Å². The lowest BCUT2D eigenvalue weighted by molar-refractivity contribution is -0.924. The van der Waals surface area contributed by atoms with Crippen molar-refractivity contribution in [3.8, 4) is 0 Å². The van der Waals surface area contributed by atoms with Crippen LogP contribution in [-0.2, 0) is 11.3 Å². The lowest BCUT2D eigenvalue weighted by atomic mass is 10.1. The maximum atomic E-state index is 12.7. The molecule has 3 rings (SSSR count). The molecule has 2 aromatic heterocycles. The molecule has 0 aliphatic heterocycles. The molecule has 1 aromatic carbocycles. The van der Waals surface area contributed by atoms with Crippen LogP contribution in [0, 0.1) is 13.8 Å². The van der Waals surface area contributed by atoms with E-state index in [1.54, 1.807) is 13.8 Å². The fraction of sp³-hybridized carbons (Fsp3) is 0.381. The molecular formula is C21H26N3O3S+. The van der Waals surface area contributed by atoms with Gasteiger partial charge in [-0.3, -0.25) is 4.79 Å². The maximum absolute atomic E-state index is 12.7. The Labute approximate surface area is 168 Å². The molecule has 0 fully saturated rings. The quantitative estimate of drug-likeness (QED) is 0.624. The van der Waals surface area contributed by atoms with Gasteiger partial charge in [0.25, 0.3) is 5.56 Å². The van der Waals surface area contributed by atoms with E-state index >= 15 is 0 Å². The van der Waals surface area contributed by atoms with Gasteiger partial charge in [-0.25, -0.2) is 9.78 Å². The molecule has 0 saturated carbocycles. The first-order valence-corrected chi connectivity index (χ1v) is 10.2. The number of aromatic amines is 1. The number of H-pyrrole nitrogens is 1. The van der Waals surface area contributed by atoms with Crippen LogP contribution in [0.1, 0.15) is 52.1 Å². The Morgan fingerprint density at radius 1 is 1.29 bits per heavy atom. The molecule has 28 heavy (non-hydrogen) atoms. The highest BCUT2D eigenvalue weighted by Crippen LogP contribution is 2.28. The number of carbonyl (C=O) groups is 1. The van der Waals surface area contributed by atoms with E-state index < -0.39 is 5.97 Å². The van der Waals surface area contributed by atoms with Gasteiger partial charge in [0.1, 0.15) is 22.3 Å². The van der Waals surface area contributed by atoms with Crippen LogP contribution in [0.3, 0.4) is 0 Å². The number of hydrogen-bond acceptors (Lipinski definition) is 5. The van der Waals surface area contributed by atoms with Gasteiger partial charge >= 0.3 is 5.97 Å². The number of benzene rings is 1. The molecule has 2 heterocycles. The summed E-state index contributed by atoms with van der Waals surface area (Å²) in [5.74, 6) is 0.220. The van der Waals surface area contributed by atoms with Gasteiger partial charge in [0.2, 0.25) is 0 Å². The summed E-state index contributed by atoms with van der Waals surface area (Å²) in [4.78, 5) is 34.7. The number of quaternary nitrogens is 1. The molecular weight excluding hydrogens is 374 g/mol. The van der Waals surface area contributed by atoms with Gasteiger partial charge in [-0.1, -0.05) is 29.8 Å². The van der Waals surface area contributed by atoms with Crippen LogP contribution in [0.15, 0.2) is 29.1 Å². The molecule has 148 valence electrons. The van der Waals surface area contributed by atoms with Crippen LogP contribution in [0.2, 0.25) is 0 Å². The molecule has 3 aromatic rings. The minimum absolute atomic E-state index is 0.00754. The molecule has 0 amide bonds. The smallest absolute Gasteiger partial charge is 0.348 e. The minimum Gasteiger partial charge on any atom is -0.462 e. The molecule has 0 spiro atoms. The molecule has 2 atom stereocenters. The normalized spacial score (nSPS) is 13.5. The Kier molecular flexibility index (Phi) is 5.96. The minimum atomic E-state index is -0.404.